The zero-order chi connectivity index (χ0) is 17.6. The molecule has 130 valence electrons. The van der Waals surface area contributed by atoms with E-state index in [0.29, 0.717) is 5.92 Å². The molecule has 0 bridgehead atoms. The fourth-order valence-electron chi connectivity index (χ4n) is 3.77. The number of hydrogen-bond acceptors (Lipinski definition) is 4. The van der Waals surface area contributed by atoms with Crippen molar-refractivity contribution in [2.45, 2.75) is 25.7 Å². The summed E-state index contributed by atoms with van der Waals surface area (Å²) < 4.78 is 1.70. The Bertz CT molecular complexity index is 932. The monoisotopic (exact) mass is 353 g/mol. The Morgan fingerprint density at radius 3 is 2.64 bits per heavy atom. The van der Waals surface area contributed by atoms with Crippen LogP contribution in [0.1, 0.15) is 44.4 Å². The molecule has 1 aliphatic rings. The van der Waals surface area contributed by atoms with Crippen molar-refractivity contribution in [1.29, 1.82) is 0 Å². The molecule has 1 aromatic carbocycles. The highest BCUT2D eigenvalue weighted by molar-refractivity contribution is 7.14. The van der Waals surface area contributed by atoms with Crippen molar-refractivity contribution >= 4 is 28.0 Å². The Morgan fingerprint density at radius 2 is 1.96 bits per heavy atom. The summed E-state index contributed by atoms with van der Waals surface area (Å²) in [6.45, 7) is 4.24. The molecule has 3 aromatic rings. The predicted octanol–water partition coefficient (Wildman–Crippen LogP) is 3.77. The highest BCUT2D eigenvalue weighted by atomic mass is 32.1. The van der Waals surface area contributed by atoms with Gasteiger partial charge < -0.3 is 10.7 Å². The number of aryl methyl sites for hydroxylation is 1. The van der Waals surface area contributed by atoms with Gasteiger partial charge in [-0.3, -0.25) is 9.47 Å². The van der Waals surface area contributed by atoms with Gasteiger partial charge in [0.05, 0.1) is 10.4 Å². The van der Waals surface area contributed by atoms with Crippen LogP contribution < -0.4 is 5.84 Å². The highest BCUT2D eigenvalue weighted by Gasteiger charge is 2.23. The lowest BCUT2D eigenvalue weighted by Crippen LogP contribution is -2.29. The minimum Gasteiger partial charge on any atom is -0.339 e. The van der Waals surface area contributed by atoms with E-state index in [2.05, 4.69) is 11.9 Å². The van der Waals surface area contributed by atoms with E-state index in [1.54, 1.807) is 16.0 Å². The second-order valence-corrected chi connectivity index (χ2v) is 8.33. The van der Waals surface area contributed by atoms with Gasteiger partial charge in [0.15, 0.2) is 0 Å². The second-order valence-electron chi connectivity index (χ2n) is 7.04. The van der Waals surface area contributed by atoms with E-state index in [1.807, 2.05) is 43.5 Å². The van der Waals surface area contributed by atoms with Gasteiger partial charge in [0.1, 0.15) is 0 Å². The molecule has 1 saturated heterocycles. The van der Waals surface area contributed by atoms with Gasteiger partial charge in [-0.2, -0.15) is 0 Å². The first-order valence-electron chi connectivity index (χ1n) is 8.72. The first-order valence-corrected chi connectivity index (χ1v) is 9.54. The molecule has 4 rings (SSSR count). The number of carbonyl (C=O) groups is 1. The molecule has 5 heteroatoms. The molecule has 1 aliphatic heterocycles. The molecule has 0 saturated carbocycles. The third-order valence-corrected chi connectivity index (χ3v) is 6.25. The summed E-state index contributed by atoms with van der Waals surface area (Å²) in [5.41, 5.74) is 3.02. The maximum absolute atomic E-state index is 12.8. The molecule has 0 amide bonds. The largest absolute Gasteiger partial charge is 0.339 e. The lowest BCUT2D eigenvalue weighted by molar-refractivity contribution is 0.104. The van der Waals surface area contributed by atoms with Crippen LogP contribution in [0, 0.1) is 6.92 Å². The first kappa shape index (κ1) is 16.4. The number of nitrogens with two attached hydrogens (primary N) is 1. The molecule has 0 aliphatic carbocycles. The number of aromatic nitrogens is 1. The number of ketones is 1. The summed E-state index contributed by atoms with van der Waals surface area (Å²) in [5.74, 6) is 6.78. The Balaban J connectivity index is 1.74. The van der Waals surface area contributed by atoms with Crippen LogP contribution in [0.2, 0.25) is 0 Å². The summed E-state index contributed by atoms with van der Waals surface area (Å²) in [7, 11) is 2.17. The normalized spacial score (nSPS) is 16.6. The van der Waals surface area contributed by atoms with Crippen LogP contribution >= 0.6 is 11.3 Å². The number of nitrogens with zero attached hydrogens (tertiary/aromatic N) is 2. The fourth-order valence-corrected chi connectivity index (χ4v) is 4.60. The van der Waals surface area contributed by atoms with Crippen LogP contribution in [0.5, 0.6) is 0 Å². The van der Waals surface area contributed by atoms with Crippen LogP contribution in [0.15, 0.2) is 36.5 Å². The van der Waals surface area contributed by atoms with E-state index in [4.69, 9.17) is 5.84 Å². The SMILES string of the molecule is Cc1ccc(C(=O)c2ccc3c(c2)c(C2CCN(C)CC2)cn3N)s1. The van der Waals surface area contributed by atoms with Gasteiger partial charge in [-0.15, -0.1) is 11.3 Å². The van der Waals surface area contributed by atoms with Crippen LogP contribution in [-0.4, -0.2) is 35.5 Å². The van der Waals surface area contributed by atoms with Crippen molar-refractivity contribution in [2.24, 2.45) is 0 Å². The lowest BCUT2D eigenvalue weighted by atomic mass is 9.89. The van der Waals surface area contributed by atoms with E-state index in [-0.39, 0.29) is 5.78 Å². The van der Waals surface area contributed by atoms with Crippen molar-refractivity contribution in [3.63, 3.8) is 0 Å². The third kappa shape index (κ3) is 2.98. The van der Waals surface area contributed by atoms with E-state index < -0.39 is 0 Å². The van der Waals surface area contributed by atoms with Crippen molar-refractivity contribution in [2.75, 3.05) is 26.0 Å². The number of piperidine rings is 1. The molecule has 0 unspecified atom stereocenters. The zero-order valence-electron chi connectivity index (χ0n) is 14.7. The minimum absolute atomic E-state index is 0.0964. The van der Waals surface area contributed by atoms with Gasteiger partial charge >= 0.3 is 0 Å². The van der Waals surface area contributed by atoms with Crippen molar-refractivity contribution < 1.29 is 4.79 Å². The molecular formula is C20H23N3OS. The molecule has 1 fully saturated rings. The maximum atomic E-state index is 12.8. The number of likely N-dealkylation sites (tertiary alicyclic amines) is 1. The van der Waals surface area contributed by atoms with Crippen LogP contribution in [0.4, 0.5) is 0 Å². The van der Waals surface area contributed by atoms with E-state index in [1.165, 1.54) is 5.56 Å². The first-order chi connectivity index (χ1) is 12.0. The molecular weight excluding hydrogens is 330 g/mol. The molecule has 25 heavy (non-hydrogen) atoms. The summed E-state index contributed by atoms with van der Waals surface area (Å²) in [4.78, 5) is 17.1. The summed E-state index contributed by atoms with van der Waals surface area (Å²) in [5, 5.41) is 1.12. The van der Waals surface area contributed by atoms with Crippen LogP contribution in [-0.2, 0) is 0 Å². The number of nitrogen functional groups attached to an aromatic ring is 1. The quantitative estimate of drug-likeness (QED) is 0.576. The molecule has 0 radical (unpaired) electrons. The number of hydrogen-bond donors (Lipinski definition) is 1. The van der Waals surface area contributed by atoms with Crippen LogP contribution in [0.25, 0.3) is 10.9 Å². The van der Waals surface area contributed by atoms with Gasteiger partial charge in [0.2, 0.25) is 5.78 Å². The standard InChI is InChI=1S/C20H23N3OS/c1-13-3-6-19(25-13)20(24)15-4-5-18-16(11-15)17(12-23(18)21)14-7-9-22(2)10-8-14/h3-6,11-12,14H,7-10,21H2,1-2H3. The average Bonchev–Trinajstić information content (AvgIpc) is 3.19. The molecule has 3 heterocycles. The number of fused-ring (bicyclic) bond motifs is 1. The number of carbonyl (C=O) groups excluding carboxylic acids is 1. The number of thiophene rings is 1. The van der Waals surface area contributed by atoms with Gasteiger partial charge in [0, 0.05) is 22.0 Å². The molecule has 2 aromatic heterocycles. The van der Waals surface area contributed by atoms with E-state index >= 15 is 0 Å². The Labute approximate surface area is 151 Å². The highest BCUT2D eigenvalue weighted by Crippen LogP contribution is 2.34. The van der Waals surface area contributed by atoms with Gasteiger partial charge in [-0.05, 0) is 81.7 Å². The minimum atomic E-state index is 0.0964. The van der Waals surface area contributed by atoms with E-state index in [0.717, 1.165) is 52.2 Å². The van der Waals surface area contributed by atoms with E-state index in [9.17, 15) is 4.79 Å². The number of rotatable bonds is 3. The third-order valence-electron chi connectivity index (χ3n) is 5.25. The van der Waals surface area contributed by atoms with Crippen molar-refractivity contribution in [3.8, 4) is 0 Å². The van der Waals surface area contributed by atoms with Gasteiger partial charge in [-0.1, -0.05) is 0 Å². The summed E-state index contributed by atoms with van der Waals surface area (Å²) in [6.07, 6.45) is 4.32. The van der Waals surface area contributed by atoms with Gasteiger partial charge in [0.25, 0.3) is 0 Å². The summed E-state index contributed by atoms with van der Waals surface area (Å²) >= 11 is 1.55. The van der Waals surface area contributed by atoms with Gasteiger partial charge in [-0.25, -0.2) is 0 Å². The molecule has 4 nitrogen and oxygen atoms in total. The average molecular weight is 353 g/mol. The fraction of sp³-hybridized carbons (Fsp3) is 0.350. The lowest BCUT2D eigenvalue weighted by Gasteiger charge is -2.28. The number of benzene rings is 1. The molecule has 0 atom stereocenters. The topological polar surface area (TPSA) is 51.3 Å². The van der Waals surface area contributed by atoms with Crippen LogP contribution in [0.3, 0.4) is 0 Å². The molecule has 0 spiro atoms. The smallest absolute Gasteiger partial charge is 0.202 e. The Morgan fingerprint density at radius 1 is 1.20 bits per heavy atom. The second kappa shape index (κ2) is 6.32. The molecule has 2 N–H and O–H groups in total. The maximum Gasteiger partial charge on any atom is 0.202 e. The Kier molecular flexibility index (Phi) is 4.13. The Hall–Kier alpha value is -2.11. The summed E-state index contributed by atoms with van der Waals surface area (Å²) in [6, 6.07) is 9.81. The zero-order valence-corrected chi connectivity index (χ0v) is 15.5. The van der Waals surface area contributed by atoms with Crippen molar-refractivity contribution in [3.05, 3.63) is 57.4 Å². The van der Waals surface area contributed by atoms with Crippen molar-refractivity contribution in [1.82, 2.24) is 9.58 Å². The predicted molar refractivity (Wildman–Crippen MR) is 104 cm³/mol.